The molecule has 0 aromatic rings. The lowest BCUT2D eigenvalue weighted by atomic mass is 10.3. The Morgan fingerprint density at radius 2 is 1.56 bits per heavy atom. The van der Waals surface area contributed by atoms with Crippen molar-refractivity contribution in [2.45, 2.75) is 19.3 Å². The molecule has 0 bridgehead atoms. The van der Waals surface area contributed by atoms with E-state index < -0.39 is 0 Å². The normalized spacial score (nSPS) is 15.6. The quantitative estimate of drug-likeness (QED) is 0.500. The van der Waals surface area contributed by atoms with E-state index in [9.17, 15) is 0 Å². The fraction of sp³-hybridized carbons (Fsp3) is 0.333. The molecule has 1 aliphatic carbocycles. The summed E-state index contributed by atoms with van der Waals surface area (Å²) < 4.78 is 0. The fourth-order valence-electron chi connectivity index (χ4n) is 0.995. The largest absolute Gasteiger partial charge is 0.103 e. The van der Waals surface area contributed by atoms with Gasteiger partial charge in [-0.1, -0.05) is 23.3 Å². The molecule has 0 saturated carbocycles. The summed E-state index contributed by atoms with van der Waals surface area (Å²) in [6, 6.07) is 0. The molecule has 0 saturated heterocycles. The van der Waals surface area contributed by atoms with Crippen LogP contribution in [0.2, 0.25) is 0 Å². The minimum Gasteiger partial charge on any atom is -0.103 e. The van der Waals surface area contributed by atoms with Crippen LogP contribution in [0.4, 0.5) is 0 Å². The van der Waals surface area contributed by atoms with Gasteiger partial charge in [-0.05, 0) is 19.3 Å². The van der Waals surface area contributed by atoms with Crippen molar-refractivity contribution in [2.24, 2.45) is 0 Å². The third-order valence-electron chi connectivity index (χ3n) is 1.58. The van der Waals surface area contributed by atoms with Crippen molar-refractivity contribution in [1.82, 2.24) is 0 Å². The summed E-state index contributed by atoms with van der Waals surface area (Å²) in [5.74, 6) is 0. The summed E-state index contributed by atoms with van der Waals surface area (Å²) in [6.45, 7) is 7.35. The van der Waals surface area contributed by atoms with Crippen LogP contribution < -0.4 is 0 Å². The molecule has 0 aliphatic heterocycles. The zero-order valence-electron chi connectivity index (χ0n) is 5.69. The standard InChI is InChI=1S/C9H12/c1-3-5-8-7-9(8)6-4-2/h3-4H,1-2,5-7H2. The van der Waals surface area contributed by atoms with Gasteiger partial charge in [0.1, 0.15) is 0 Å². The highest BCUT2D eigenvalue weighted by atomic mass is 14.2. The monoisotopic (exact) mass is 120 g/mol. The maximum absolute atomic E-state index is 3.68. The first-order chi connectivity index (χ1) is 4.38. The molecule has 0 heterocycles. The molecular formula is C9H12. The minimum atomic E-state index is 1.09. The number of hydrogen-bond donors (Lipinski definition) is 0. The predicted octanol–water partition coefficient (Wildman–Crippen LogP) is 2.84. The van der Waals surface area contributed by atoms with Crippen LogP contribution in [-0.2, 0) is 0 Å². The molecular weight excluding hydrogens is 108 g/mol. The average molecular weight is 120 g/mol. The molecule has 0 radical (unpaired) electrons. The molecule has 0 spiro atoms. The first-order valence-electron chi connectivity index (χ1n) is 3.30. The minimum absolute atomic E-state index is 1.09. The lowest BCUT2D eigenvalue weighted by Crippen LogP contribution is -1.56. The van der Waals surface area contributed by atoms with Gasteiger partial charge in [-0.2, -0.15) is 0 Å². The van der Waals surface area contributed by atoms with E-state index in [1.807, 2.05) is 12.2 Å². The molecule has 0 heteroatoms. The first kappa shape index (κ1) is 6.34. The first-order valence-corrected chi connectivity index (χ1v) is 3.30. The van der Waals surface area contributed by atoms with Crippen molar-refractivity contribution >= 4 is 0 Å². The van der Waals surface area contributed by atoms with E-state index in [0.29, 0.717) is 0 Å². The van der Waals surface area contributed by atoms with Gasteiger partial charge >= 0.3 is 0 Å². The van der Waals surface area contributed by atoms with E-state index in [1.54, 1.807) is 11.1 Å². The van der Waals surface area contributed by atoms with Gasteiger partial charge in [0.25, 0.3) is 0 Å². The van der Waals surface area contributed by atoms with Gasteiger partial charge in [0.15, 0.2) is 0 Å². The molecule has 0 nitrogen and oxygen atoms in total. The second kappa shape index (κ2) is 2.67. The van der Waals surface area contributed by atoms with Crippen molar-refractivity contribution in [3.05, 3.63) is 36.5 Å². The van der Waals surface area contributed by atoms with Crippen molar-refractivity contribution < 1.29 is 0 Å². The summed E-state index contributed by atoms with van der Waals surface area (Å²) in [4.78, 5) is 0. The molecule has 48 valence electrons. The van der Waals surface area contributed by atoms with Crippen molar-refractivity contribution in [2.75, 3.05) is 0 Å². The summed E-state index contributed by atoms with van der Waals surface area (Å²) in [5.41, 5.74) is 3.15. The second-order valence-electron chi connectivity index (χ2n) is 2.37. The Morgan fingerprint density at radius 1 is 1.11 bits per heavy atom. The van der Waals surface area contributed by atoms with Gasteiger partial charge in [-0.3, -0.25) is 0 Å². The summed E-state index contributed by atoms with van der Waals surface area (Å²) in [6.07, 6.45) is 7.33. The van der Waals surface area contributed by atoms with Crippen LogP contribution >= 0.6 is 0 Å². The Morgan fingerprint density at radius 3 is 1.89 bits per heavy atom. The Balaban J connectivity index is 2.30. The van der Waals surface area contributed by atoms with Gasteiger partial charge in [0.2, 0.25) is 0 Å². The van der Waals surface area contributed by atoms with E-state index in [1.165, 1.54) is 6.42 Å². The van der Waals surface area contributed by atoms with Crippen molar-refractivity contribution in [3.8, 4) is 0 Å². The third kappa shape index (κ3) is 1.56. The van der Waals surface area contributed by atoms with Gasteiger partial charge in [-0.25, -0.2) is 0 Å². The topological polar surface area (TPSA) is 0 Å². The van der Waals surface area contributed by atoms with Crippen LogP contribution in [0.15, 0.2) is 36.5 Å². The third-order valence-corrected chi connectivity index (χ3v) is 1.58. The Bertz CT molecular complexity index is 143. The van der Waals surface area contributed by atoms with Crippen LogP contribution in [-0.4, -0.2) is 0 Å². The highest BCUT2D eigenvalue weighted by molar-refractivity contribution is 5.37. The van der Waals surface area contributed by atoms with E-state index >= 15 is 0 Å². The Kier molecular flexibility index (Phi) is 1.88. The van der Waals surface area contributed by atoms with Crippen LogP contribution in [0.1, 0.15) is 19.3 Å². The lowest BCUT2D eigenvalue weighted by molar-refractivity contribution is 1.26. The van der Waals surface area contributed by atoms with Gasteiger partial charge in [-0.15, -0.1) is 13.2 Å². The molecule has 0 N–H and O–H groups in total. The Hall–Kier alpha value is -0.780. The smallest absolute Gasteiger partial charge is 0.00964 e. The van der Waals surface area contributed by atoms with Crippen LogP contribution in [0.25, 0.3) is 0 Å². The molecule has 0 atom stereocenters. The van der Waals surface area contributed by atoms with E-state index in [2.05, 4.69) is 13.2 Å². The second-order valence-corrected chi connectivity index (χ2v) is 2.37. The van der Waals surface area contributed by atoms with Crippen molar-refractivity contribution in [1.29, 1.82) is 0 Å². The predicted molar refractivity (Wildman–Crippen MR) is 41.3 cm³/mol. The number of rotatable bonds is 4. The fourth-order valence-corrected chi connectivity index (χ4v) is 0.995. The number of allylic oxidation sites excluding steroid dienone is 4. The van der Waals surface area contributed by atoms with E-state index in [0.717, 1.165) is 12.8 Å². The van der Waals surface area contributed by atoms with E-state index in [-0.39, 0.29) is 0 Å². The lowest BCUT2D eigenvalue weighted by Gasteiger charge is -1.76. The summed E-state index contributed by atoms with van der Waals surface area (Å²) >= 11 is 0. The van der Waals surface area contributed by atoms with Crippen molar-refractivity contribution in [3.63, 3.8) is 0 Å². The molecule has 9 heavy (non-hydrogen) atoms. The molecule has 0 unspecified atom stereocenters. The van der Waals surface area contributed by atoms with Gasteiger partial charge < -0.3 is 0 Å². The van der Waals surface area contributed by atoms with Crippen LogP contribution in [0, 0.1) is 0 Å². The molecule has 0 amide bonds. The molecule has 0 aromatic heterocycles. The Labute approximate surface area is 56.6 Å². The number of hydrogen-bond acceptors (Lipinski definition) is 0. The zero-order chi connectivity index (χ0) is 6.69. The molecule has 0 fully saturated rings. The highest BCUT2D eigenvalue weighted by Crippen LogP contribution is 2.36. The molecule has 1 aliphatic rings. The highest BCUT2D eigenvalue weighted by Gasteiger charge is 2.16. The molecule has 1 rings (SSSR count). The summed E-state index contributed by atoms with van der Waals surface area (Å²) in [7, 11) is 0. The van der Waals surface area contributed by atoms with Gasteiger partial charge in [0.05, 0.1) is 0 Å². The van der Waals surface area contributed by atoms with Gasteiger partial charge in [0, 0.05) is 0 Å². The molecule has 0 aromatic carbocycles. The van der Waals surface area contributed by atoms with Crippen LogP contribution in [0.5, 0.6) is 0 Å². The maximum Gasteiger partial charge on any atom is -0.00964 e. The SMILES string of the molecule is C=CCC1=C(CC=C)C1. The summed E-state index contributed by atoms with van der Waals surface area (Å²) in [5, 5.41) is 0. The maximum atomic E-state index is 3.68. The average Bonchev–Trinajstić information content (AvgIpc) is 2.50. The van der Waals surface area contributed by atoms with E-state index in [4.69, 9.17) is 0 Å². The van der Waals surface area contributed by atoms with Crippen LogP contribution in [0.3, 0.4) is 0 Å². The zero-order valence-corrected chi connectivity index (χ0v) is 5.69.